The van der Waals surface area contributed by atoms with E-state index in [1.165, 1.54) is 19.1 Å². The van der Waals surface area contributed by atoms with Crippen LogP contribution in [0, 0.1) is 0 Å². The maximum absolute atomic E-state index is 12.3. The number of hydrogen-bond donors (Lipinski definition) is 1. The van der Waals surface area contributed by atoms with Gasteiger partial charge in [-0.3, -0.25) is 9.59 Å². The van der Waals surface area contributed by atoms with Crippen LogP contribution in [0.2, 0.25) is 0 Å². The van der Waals surface area contributed by atoms with Gasteiger partial charge >= 0.3 is 6.18 Å². The fourth-order valence-corrected chi connectivity index (χ4v) is 1.28. The van der Waals surface area contributed by atoms with Crippen molar-refractivity contribution in [3.8, 4) is 0 Å². The standard InChI is InChI=1S/C12H12F3NO2/c1-8(17)7-16-11(18)6-9-2-4-10(5-3-9)12(13,14)15/h2-5H,6-7H2,1H3,(H,16,18). The molecule has 0 aromatic heterocycles. The third kappa shape index (κ3) is 4.57. The van der Waals surface area contributed by atoms with Crippen molar-refractivity contribution < 1.29 is 22.8 Å². The van der Waals surface area contributed by atoms with E-state index >= 15 is 0 Å². The number of alkyl halides is 3. The van der Waals surface area contributed by atoms with Crippen molar-refractivity contribution in [1.82, 2.24) is 5.32 Å². The van der Waals surface area contributed by atoms with Crippen LogP contribution < -0.4 is 5.32 Å². The molecule has 0 unspecified atom stereocenters. The van der Waals surface area contributed by atoms with Crippen LogP contribution in [0.5, 0.6) is 0 Å². The lowest BCUT2D eigenvalue weighted by molar-refractivity contribution is -0.137. The molecule has 0 aliphatic heterocycles. The zero-order valence-corrected chi connectivity index (χ0v) is 9.67. The molecule has 0 atom stereocenters. The van der Waals surface area contributed by atoms with E-state index in [2.05, 4.69) is 5.32 Å². The lowest BCUT2D eigenvalue weighted by Crippen LogP contribution is -2.29. The smallest absolute Gasteiger partial charge is 0.349 e. The van der Waals surface area contributed by atoms with Gasteiger partial charge < -0.3 is 5.32 Å². The molecular weight excluding hydrogens is 247 g/mol. The molecular formula is C12H12F3NO2. The maximum Gasteiger partial charge on any atom is 0.416 e. The van der Waals surface area contributed by atoms with Crippen molar-refractivity contribution in [3.05, 3.63) is 35.4 Å². The highest BCUT2D eigenvalue weighted by atomic mass is 19.4. The van der Waals surface area contributed by atoms with Gasteiger partial charge in [-0.25, -0.2) is 0 Å². The van der Waals surface area contributed by atoms with Gasteiger partial charge in [-0.2, -0.15) is 13.2 Å². The largest absolute Gasteiger partial charge is 0.416 e. The molecule has 18 heavy (non-hydrogen) atoms. The zero-order valence-electron chi connectivity index (χ0n) is 9.67. The Balaban J connectivity index is 2.59. The first kappa shape index (κ1) is 14.2. The summed E-state index contributed by atoms with van der Waals surface area (Å²) in [6, 6.07) is 4.34. The van der Waals surface area contributed by atoms with Crippen molar-refractivity contribution in [2.75, 3.05) is 6.54 Å². The predicted octanol–water partition coefficient (Wildman–Crippen LogP) is 1.95. The molecule has 1 aromatic rings. The lowest BCUT2D eigenvalue weighted by atomic mass is 10.1. The van der Waals surface area contributed by atoms with Gasteiger partial charge in [0.15, 0.2) is 0 Å². The van der Waals surface area contributed by atoms with Gasteiger partial charge in [-0.05, 0) is 24.6 Å². The first-order chi connectivity index (χ1) is 8.29. The molecule has 1 rings (SSSR count). The molecule has 0 spiro atoms. The zero-order chi connectivity index (χ0) is 13.8. The monoisotopic (exact) mass is 259 g/mol. The average Bonchev–Trinajstić information content (AvgIpc) is 2.26. The van der Waals surface area contributed by atoms with E-state index in [0.29, 0.717) is 5.56 Å². The molecule has 0 fully saturated rings. The second kappa shape index (κ2) is 5.66. The van der Waals surface area contributed by atoms with E-state index in [1.807, 2.05) is 0 Å². The summed E-state index contributed by atoms with van der Waals surface area (Å²) in [5, 5.41) is 2.36. The number of ketones is 1. The Morgan fingerprint density at radius 1 is 1.17 bits per heavy atom. The Labute approximate surface area is 102 Å². The second-order valence-electron chi connectivity index (χ2n) is 3.85. The number of carbonyl (C=O) groups is 2. The summed E-state index contributed by atoms with van der Waals surface area (Å²) in [5.41, 5.74) is -0.292. The van der Waals surface area contributed by atoms with Gasteiger partial charge in [-0.1, -0.05) is 12.1 Å². The topological polar surface area (TPSA) is 46.2 Å². The van der Waals surface area contributed by atoms with Gasteiger partial charge in [0.2, 0.25) is 5.91 Å². The van der Waals surface area contributed by atoms with E-state index in [9.17, 15) is 22.8 Å². The Morgan fingerprint density at radius 3 is 2.17 bits per heavy atom. The average molecular weight is 259 g/mol. The number of halogens is 3. The third-order valence-corrected chi connectivity index (χ3v) is 2.18. The van der Waals surface area contributed by atoms with Crippen LogP contribution in [0.3, 0.4) is 0 Å². The summed E-state index contributed by atoms with van der Waals surface area (Å²) in [6.45, 7) is 1.26. The van der Waals surface area contributed by atoms with Crippen LogP contribution in [0.4, 0.5) is 13.2 Å². The molecule has 1 amide bonds. The Bertz CT molecular complexity index is 438. The molecule has 0 aliphatic rings. The number of nitrogens with one attached hydrogen (secondary N) is 1. The molecule has 3 nitrogen and oxygen atoms in total. The van der Waals surface area contributed by atoms with Crippen molar-refractivity contribution in [2.45, 2.75) is 19.5 Å². The quantitative estimate of drug-likeness (QED) is 0.898. The molecule has 0 radical (unpaired) electrons. The van der Waals surface area contributed by atoms with Gasteiger partial charge in [0.1, 0.15) is 5.78 Å². The summed E-state index contributed by atoms with van der Waals surface area (Å²) in [4.78, 5) is 21.9. The van der Waals surface area contributed by atoms with Crippen molar-refractivity contribution >= 4 is 11.7 Å². The highest BCUT2D eigenvalue weighted by molar-refractivity contribution is 5.85. The third-order valence-electron chi connectivity index (χ3n) is 2.18. The van der Waals surface area contributed by atoms with Crippen LogP contribution in [0.25, 0.3) is 0 Å². The van der Waals surface area contributed by atoms with Crippen LogP contribution in [-0.2, 0) is 22.2 Å². The number of benzene rings is 1. The normalized spacial score (nSPS) is 11.1. The van der Waals surface area contributed by atoms with E-state index < -0.39 is 17.6 Å². The Hall–Kier alpha value is -1.85. The Morgan fingerprint density at radius 2 is 1.72 bits per heavy atom. The van der Waals surface area contributed by atoms with Crippen LogP contribution >= 0.6 is 0 Å². The van der Waals surface area contributed by atoms with Crippen LogP contribution in [0.1, 0.15) is 18.1 Å². The van der Waals surface area contributed by atoms with E-state index in [1.54, 1.807) is 0 Å². The van der Waals surface area contributed by atoms with Gasteiger partial charge in [0.05, 0.1) is 18.5 Å². The maximum atomic E-state index is 12.3. The molecule has 1 aromatic carbocycles. The molecule has 0 heterocycles. The van der Waals surface area contributed by atoms with Gasteiger partial charge in [0.25, 0.3) is 0 Å². The van der Waals surface area contributed by atoms with Crippen LogP contribution in [0.15, 0.2) is 24.3 Å². The van der Waals surface area contributed by atoms with Crippen molar-refractivity contribution in [1.29, 1.82) is 0 Å². The minimum absolute atomic E-state index is 0.0502. The fraction of sp³-hybridized carbons (Fsp3) is 0.333. The van der Waals surface area contributed by atoms with Gasteiger partial charge in [0, 0.05) is 0 Å². The number of carbonyl (C=O) groups excluding carboxylic acids is 2. The SMILES string of the molecule is CC(=O)CNC(=O)Cc1ccc(C(F)(F)F)cc1. The summed E-state index contributed by atoms with van der Waals surface area (Å²) >= 11 is 0. The highest BCUT2D eigenvalue weighted by Gasteiger charge is 2.29. The molecule has 0 saturated heterocycles. The van der Waals surface area contributed by atoms with E-state index in [4.69, 9.17) is 0 Å². The predicted molar refractivity (Wildman–Crippen MR) is 58.8 cm³/mol. The summed E-state index contributed by atoms with van der Waals surface area (Å²) in [6.07, 6.45) is -4.43. The number of rotatable bonds is 4. The lowest BCUT2D eigenvalue weighted by Gasteiger charge is -2.07. The minimum Gasteiger partial charge on any atom is -0.349 e. The number of amides is 1. The molecule has 0 saturated carbocycles. The molecule has 6 heteroatoms. The van der Waals surface area contributed by atoms with Crippen LogP contribution in [-0.4, -0.2) is 18.2 Å². The highest BCUT2D eigenvalue weighted by Crippen LogP contribution is 2.29. The minimum atomic E-state index is -4.38. The fourth-order valence-electron chi connectivity index (χ4n) is 1.28. The second-order valence-corrected chi connectivity index (χ2v) is 3.85. The first-order valence-electron chi connectivity index (χ1n) is 5.21. The first-order valence-corrected chi connectivity index (χ1v) is 5.21. The summed E-state index contributed by atoms with van der Waals surface area (Å²) < 4.78 is 36.8. The summed E-state index contributed by atoms with van der Waals surface area (Å²) in [7, 11) is 0. The molecule has 0 aliphatic carbocycles. The van der Waals surface area contributed by atoms with E-state index in [0.717, 1.165) is 12.1 Å². The molecule has 0 bridgehead atoms. The van der Waals surface area contributed by atoms with Crippen molar-refractivity contribution in [2.24, 2.45) is 0 Å². The number of hydrogen-bond acceptors (Lipinski definition) is 2. The van der Waals surface area contributed by atoms with E-state index in [-0.39, 0.29) is 18.7 Å². The van der Waals surface area contributed by atoms with Crippen molar-refractivity contribution in [3.63, 3.8) is 0 Å². The number of Topliss-reactive ketones (excluding diaryl/α,β-unsaturated/α-hetero) is 1. The Kier molecular flexibility index (Phi) is 4.47. The molecule has 98 valence electrons. The summed E-state index contributed by atoms with van der Waals surface area (Å²) in [5.74, 6) is -0.583. The molecule has 1 N–H and O–H groups in total. The van der Waals surface area contributed by atoms with Gasteiger partial charge in [-0.15, -0.1) is 0 Å².